The molecule has 1 aromatic carbocycles. The van der Waals surface area contributed by atoms with E-state index in [4.69, 9.17) is 40.2 Å². The second-order valence-electron chi connectivity index (χ2n) is 8.39. The van der Waals surface area contributed by atoms with Gasteiger partial charge in [-0.25, -0.2) is 4.68 Å². The van der Waals surface area contributed by atoms with Crippen LogP contribution in [0.15, 0.2) is 36.4 Å². The van der Waals surface area contributed by atoms with Crippen molar-refractivity contribution in [3.05, 3.63) is 56.3 Å². The molecule has 33 heavy (non-hydrogen) atoms. The number of hydrogen-bond donors (Lipinski definition) is 2. The van der Waals surface area contributed by atoms with Crippen LogP contribution in [0.2, 0.25) is 9.49 Å². The van der Waals surface area contributed by atoms with E-state index in [1.165, 1.54) is 16.0 Å². The summed E-state index contributed by atoms with van der Waals surface area (Å²) >= 11 is 19.0. The quantitative estimate of drug-likeness (QED) is 0.427. The highest BCUT2D eigenvalue weighted by Crippen LogP contribution is 2.37. The van der Waals surface area contributed by atoms with Crippen LogP contribution >= 0.6 is 46.8 Å². The number of carbonyl (C=O) groups excluding carboxylic acids is 1. The van der Waals surface area contributed by atoms with E-state index in [1.54, 1.807) is 13.1 Å². The highest BCUT2D eigenvalue weighted by atomic mass is 35.5. The van der Waals surface area contributed by atoms with Crippen LogP contribution in [0.1, 0.15) is 36.0 Å². The van der Waals surface area contributed by atoms with Crippen LogP contribution in [-0.4, -0.2) is 44.3 Å². The lowest BCUT2D eigenvalue weighted by molar-refractivity contribution is 0.0936. The van der Waals surface area contributed by atoms with Gasteiger partial charge in [-0.15, -0.1) is 16.4 Å². The molecule has 0 saturated carbocycles. The molecule has 7 nitrogen and oxygen atoms in total. The molecule has 2 N–H and O–H groups in total. The summed E-state index contributed by atoms with van der Waals surface area (Å²) in [5.41, 5.74) is 1.85. The summed E-state index contributed by atoms with van der Waals surface area (Å²) in [6.45, 7) is 6.17. The van der Waals surface area contributed by atoms with Crippen molar-refractivity contribution in [3.8, 4) is 11.3 Å². The van der Waals surface area contributed by atoms with Crippen molar-refractivity contribution >= 4 is 57.8 Å². The summed E-state index contributed by atoms with van der Waals surface area (Å²) < 4.78 is 7.64. The van der Waals surface area contributed by atoms with Gasteiger partial charge in [0, 0.05) is 19.2 Å². The minimum atomic E-state index is -0.408. The first kappa shape index (κ1) is 25.4. The third-order valence-electron chi connectivity index (χ3n) is 4.50. The van der Waals surface area contributed by atoms with Gasteiger partial charge in [-0.1, -0.05) is 58.7 Å². The Bertz CT molecular complexity index is 1110. The van der Waals surface area contributed by atoms with E-state index in [1.807, 2.05) is 51.1 Å². The average molecular weight is 527 g/mol. The summed E-state index contributed by atoms with van der Waals surface area (Å²) in [5.74, 6) is -0.246. The second kappa shape index (κ2) is 10.8. The number of nitrogens with one attached hydrogen (secondary N) is 2. The molecule has 1 unspecified atom stereocenters. The minimum Gasteiger partial charge on any atom is -0.465 e. The van der Waals surface area contributed by atoms with Gasteiger partial charge in [0.1, 0.15) is 15.6 Å². The van der Waals surface area contributed by atoms with Gasteiger partial charge in [0.25, 0.3) is 11.1 Å². The van der Waals surface area contributed by atoms with E-state index >= 15 is 0 Å². The number of ether oxygens (including phenoxy) is 1. The third kappa shape index (κ3) is 7.14. The van der Waals surface area contributed by atoms with E-state index in [0.29, 0.717) is 33.4 Å². The lowest BCUT2D eigenvalue weighted by atomic mass is 10.1. The number of amides is 1. The summed E-state index contributed by atoms with van der Waals surface area (Å²) in [7, 11) is 1.71. The monoisotopic (exact) mass is 525 g/mol. The predicted octanol–water partition coefficient (Wildman–Crippen LogP) is 4.88. The maximum absolute atomic E-state index is 13.1. The molecule has 0 aliphatic heterocycles. The standard InChI is InChI=1S/C22H25Cl2N5O2S2/c1-22(2,3)31-21(32)25-12-14(10-13-8-6-5-7-9-13)26-20(30)16-11-15(19(24)33-16)17-18(23)27-28-29(17)4/h5-9,11,14H,10,12H2,1-4H3,(H,25,32)(H,26,30). The van der Waals surface area contributed by atoms with Gasteiger partial charge in [-0.3, -0.25) is 4.79 Å². The zero-order chi connectivity index (χ0) is 24.2. The Morgan fingerprint density at radius 2 is 1.97 bits per heavy atom. The summed E-state index contributed by atoms with van der Waals surface area (Å²) in [4.78, 5) is 13.6. The van der Waals surface area contributed by atoms with E-state index in [9.17, 15) is 4.79 Å². The zero-order valence-electron chi connectivity index (χ0n) is 18.7. The van der Waals surface area contributed by atoms with Crippen LogP contribution in [0.5, 0.6) is 0 Å². The molecule has 0 radical (unpaired) electrons. The normalized spacial score (nSPS) is 12.3. The van der Waals surface area contributed by atoms with E-state index < -0.39 is 5.60 Å². The van der Waals surface area contributed by atoms with Crippen molar-refractivity contribution in [1.29, 1.82) is 0 Å². The largest absolute Gasteiger partial charge is 0.465 e. The van der Waals surface area contributed by atoms with Crippen LogP contribution in [0.25, 0.3) is 11.3 Å². The maximum Gasteiger partial charge on any atom is 0.261 e. The number of rotatable bonds is 7. The first-order valence-corrected chi connectivity index (χ1v) is 12.2. The predicted molar refractivity (Wildman–Crippen MR) is 137 cm³/mol. The van der Waals surface area contributed by atoms with Crippen molar-refractivity contribution in [2.24, 2.45) is 7.05 Å². The van der Waals surface area contributed by atoms with Crippen molar-refractivity contribution < 1.29 is 9.53 Å². The molecule has 2 heterocycles. The van der Waals surface area contributed by atoms with Gasteiger partial charge in [-0.2, -0.15) is 0 Å². The SMILES string of the molecule is Cn1nnc(Cl)c1-c1cc(C(=O)NC(CNC(=S)OC(C)(C)C)Cc2ccccc2)sc1Cl. The smallest absolute Gasteiger partial charge is 0.261 e. The van der Waals surface area contributed by atoms with Crippen molar-refractivity contribution in [3.63, 3.8) is 0 Å². The molecule has 0 bridgehead atoms. The van der Waals surface area contributed by atoms with Crippen LogP contribution in [0.3, 0.4) is 0 Å². The maximum atomic E-state index is 13.1. The fourth-order valence-corrected chi connectivity index (χ4v) is 4.88. The fraction of sp³-hybridized carbons (Fsp3) is 0.364. The van der Waals surface area contributed by atoms with Gasteiger partial charge < -0.3 is 15.4 Å². The summed E-state index contributed by atoms with van der Waals surface area (Å²) in [5, 5.41) is 14.4. The lowest BCUT2D eigenvalue weighted by Crippen LogP contribution is -2.45. The summed E-state index contributed by atoms with van der Waals surface area (Å²) in [6, 6.07) is 11.4. The first-order valence-electron chi connectivity index (χ1n) is 10.2. The number of carbonyl (C=O) groups is 1. The molecule has 1 amide bonds. The van der Waals surface area contributed by atoms with Crippen LogP contribution in [0, 0.1) is 0 Å². The Labute approximate surface area is 212 Å². The van der Waals surface area contributed by atoms with Crippen molar-refractivity contribution in [2.75, 3.05) is 6.54 Å². The number of benzene rings is 1. The Morgan fingerprint density at radius 3 is 2.58 bits per heavy atom. The van der Waals surface area contributed by atoms with E-state index in [0.717, 1.165) is 5.56 Å². The van der Waals surface area contributed by atoms with Crippen molar-refractivity contribution in [1.82, 2.24) is 25.6 Å². The van der Waals surface area contributed by atoms with Crippen LogP contribution < -0.4 is 10.6 Å². The number of thiophene rings is 1. The molecule has 0 aliphatic carbocycles. The van der Waals surface area contributed by atoms with E-state index in [-0.39, 0.29) is 22.3 Å². The zero-order valence-corrected chi connectivity index (χ0v) is 21.8. The lowest BCUT2D eigenvalue weighted by Gasteiger charge is -2.24. The molecule has 2 aromatic heterocycles. The second-order valence-corrected chi connectivity index (χ2v) is 10.8. The Kier molecular flexibility index (Phi) is 8.33. The van der Waals surface area contributed by atoms with Crippen molar-refractivity contribution in [2.45, 2.75) is 38.8 Å². The van der Waals surface area contributed by atoms with Gasteiger partial charge in [0.15, 0.2) is 5.15 Å². The van der Waals surface area contributed by atoms with Crippen LogP contribution in [0.4, 0.5) is 0 Å². The molecule has 0 saturated heterocycles. The molecular weight excluding hydrogens is 501 g/mol. The highest BCUT2D eigenvalue weighted by molar-refractivity contribution is 7.80. The average Bonchev–Trinajstić information content (AvgIpc) is 3.27. The Morgan fingerprint density at radius 1 is 1.27 bits per heavy atom. The van der Waals surface area contributed by atoms with Gasteiger partial charge in [0.05, 0.1) is 10.9 Å². The molecule has 1 atom stereocenters. The van der Waals surface area contributed by atoms with Gasteiger partial charge in [-0.05, 0) is 51.0 Å². The number of thiocarbonyl (C=S) groups is 1. The first-order chi connectivity index (χ1) is 15.5. The van der Waals surface area contributed by atoms with E-state index in [2.05, 4.69) is 20.9 Å². The molecule has 11 heteroatoms. The molecule has 3 aromatic rings. The minimum absolute atomic E-state index is 0.225. The number of hydrogen-bond acceptors (Lipinski definition) is 6. The summed E-state index contributed by atoms with van der Waals surface area (Å²) in [6.07, 6.45) is 0.612. The molecule has 0 aliphatic rings. The number of halogens is 2. The van der Waals surface area contributed by atoms with Gasteiger partial charge in [0.2, 0.25) is 0 Å². The number of aromatic nitrogens is 3. The molecule has 3 rings (SSSR count). The third-order valence-corrected chi connectivity index (χ3v) is 6.34. The Hall–Kier alpha value is -2.20. The Balaban J connectivity index is 1.75. The molecule has 0 spiro atoms. The molecule has 0 fully saturated rings. The molecular formula is C22H25Cl2N5O2S2. The molecule has 176 valence electrons. The fourth-order valence-electron chi connectivity index (χ4n) is 3.11. The number of nitrogens with zero attached hydrogens (tertiary/aromatic N) is 3. The highest BCUT2D eigenvalue weighted by Gasteiger charge is 2.22. The number of aryl methyl sites for hydroxylation is 1. The van der Waals surface area contributed by atoms with Gasteiger partial charge >= 0.3 is 0 Å². The topological polar surface area (TPSA) is 81.1 Å². The van der Waals surface area contributed by atoms with Crippen LogP contribution in [-0.2, 0) is 18.2 Å².